The van der Waals surface area contributed by atoms with E-state index in [4.69, 9.17) is 6.58 Å². The van der Waals surface area contributed by atoms with Gasteiger partial charge in [-0.05, 0) is 153 Å². The summed E-state index contributed by atoms with van der Waals surface area (Å²) in [6, 6.07) is 94.9. The predicted octanol–water partition coefficient (Wildman–Crippen LogP) is 22.8. The molecule has 0 radical (unpaired) electrons. The van der Waals surface area contributed by atoms with Gasteiger partial charge < -0.3 is 18.9 Å². The van der Waals surface area contributed by atoms with Crippen LogP contribution in [0.2, 0.25) is 0 Å². The molecule has 11 aromatic carbocycles. The van der Waals surface area contributed by atoms with Crippen molar-refractivity contribution in [2.75, 3.05) is 9.80 Å². The SMILES string of the molecule is C=CC1=C(/C=C(\C)n2c(/C=C\C)c(C=C)c3ccccc32)N(c2c(-c3ccccc3)cc(C(C)(C)C)cc2-c2ccccc2)c2cccc3c2B1c1ccc(-n2c4ccccc4c4ccccc42)cc1N3c1c(-c2ccccc2)cc(C(C)(C)C)cc1-c1ccccc1. The molecule has 0 atom stereocenters. The molecule has 0 saturated carbocycles. The third-order valence-electron chi connectivity index (χ3n) is 19.2. The van der Waals surface area contributed by atoms with E-state index in [0.29, 0.717) is 0 Å². The maximum Gasteiger partial charge on any atom is 0.252 e. The summed E-state index contributed by atoms with van der Waals surface area (Å²) in [5.74, 6) is 0. The molecule has 4 nitrogen and oxygen atoms in total. The second kappa shape index (κ2) is 23.1. The van der Waals surface area contributed by atoms with Crippen molar-refractivity contribution in [2.45, 2.75) is 66.2 Å². The first-order valence-electron chi connectivity index (χ1n) is 32.6. The Kier molecular flexibility index (Phi) is 14.5. The van der Waals surface area contributed by atoms with Gasteiger partial charge in [-0.3, -0.25) is 0 Å². The van der Waals surface area contributed by atoms with Gasteiger partial charge in [0.1, 0.15) is 0 Å². The lowest BCUT2D eigenvalue weighted by molar-refractivity contribution is 0.590. The van der Waals surface area contributed by atoms with Gasteiger partial charge in [-0.25, -0.2) is 0 Å². The Morgan fingerprint density at radius 2 is 0.860 bits per heavy atom. The minimum absolute atomic E-state index is 0.179. The summed E-state index contributed by atoms with van der Waals surface area (Å²) >= 11 is 0. The fourth-order valence-electron chi connectivity index (χ4n) is 14.8. The molecule has 0 amide bonds. The standard InChI is InChI=1S/C88H75BN4/c1-11-33-76-66(12-2)67-42-26-29-45-77(67)90(76)58(4)52-82-74(13-3)89-75-51-50-65(91-78-46-30-27-43-68(78)69-44-28-31-47-79(69)91)57-83(75)93(86-72(61-38-22-16-23-39-61)55-64(88(8,9)10)56-73(86)62-40-24-17-25-41-62)81-49-32-48-80(84(81)89)92(82)85-70(59-34-18-14-19-35-59)53-63(87(5,6)7)54-71(85)60-36-20-15-21-37-60/h11-57H,2-3H2,1,4-10H3/b33-11-,58-52+. The number of para-hydroxylation sites is 3. The first kappa shape index (κ1) is 58.5. The molecular weight excluding hydrogens is 1120 g/mol. The molecular formula is C88H75BN4. The molecule has 0 aliphatic carbocycles. The normalized spacial score (nSPS) is 13.4. The molecule has 0 unspecified atom stereocenters. The molecule has 2 aromatic heterocycles. The Bertz CT molecular complexity index is 5040. The largest absolute Gasteiger partial charge is 0.313 e. The van der Waals surface area contributed by atoms with Gasteiger partial charge in [0.25, 0.3) is 6.71 Å². The number of nitrogens with zero attached hydrogens (tertiary/aromatic N) is 4. The van der Waals surface area contributed by atoms with Gasteiger partial charge in [0.05, 0.1) is 33.6 Å². The van der Waals surface area contributed by atoms with Gasteiger partial charge in [0.15, 0.2) is 0 Å². The highest BCUT2D eigenvalue weighted by molar-refractivity contribution is 6.95. The predicted molar refractivity (Wildman–Crippen MR) is 402 cm³/mol. The zero-order chi connectivity index (χ0) is 63.9. The fraction of sp³-hybridized carbons (Fsp3) is 0.114. The zero-order valence-corrected chi connectivity index (χ0v) is 54.4. The van der Waals surface area contributed by atoms with E-state index in [2.05, 4.69) is 360 Å². The minimum Gasteiger partial charge on any atom is -0.313 e. The Morgan fingerprint density at radius 1 is 0.430 bits per heavy atom. The van der Waals surface area contributed by atoms with Crippen LogP contribution >= 0.6 is 0 Å². The van der Waals surface area contributed by atoms with Crippen molar-refractivity contribution in [3.8, 4) is 50.2 Å². The Labute approximate surface area is 548 Å². The molecule has 93 heavy (non-hydrogen) atoms. The summed E-state index contributed by atoms with van der Waals surface area (Å²) in [4.78, 5) is 5.27. The molecule has 2 aliphatic heterocycles. The van der Waals surface area contributed by atoms with Crippen molar-refractivity contribution < 1.29 is 0 Å². The van der Waals surface area contributed by atoms with Crippen LogP contribution in [-0.2, 0) is 10.8 Å². The molecule has 0 bridgehead atoms. The summed E-state index contributed by atoms with van der Waals surface area (Å²) in [6.45, 7) is 27.4. The molecule has 15 rings (SSSR count). The van der Waals surface area contributed by atoms with Crippen molar-refractivity contribution in [1.82, 2.24) is 9.13 Å². The van der Waals surface area contributed by atoms with Gasteiger partial charge in [0.2, 0.25) is 0 Å². The summed E-state index contributed by atoms with van der Waals surface area (Å²) in [7, 11) is 0. The fourth-order valence-corrected chi connectivity index (χ4v) is 14.8. The van der Waals surface area contributed by atoms with Crippen LogP contribution in [-0.4, -0.2) is 15.8 Å². The number of anilines is 5. The lowest BCUT2D eigenvalue weighted by Gasteiger charge is -2.46. The number of rotatable bonds is 12. The van der Waals surface area contributed by atoms with E-state index >= 15 is 0 Å². The highest BCUT2D eigenvalue weighted by Gasteiger charge is 2.46. The Balaban J connectivity index is 1.13. The lowest BCUT2D eigenvalue weighted by Crippen LogP contribution is -2.56. The highest BCUT2D eigenvalue weighted by Crippen LogP contribution is 2.55. The van der Waals surface area contributed by atoms with Gasteiger partial charge in [0, 0.05) is 78.1 Å². The van der Waals surface area contributed by atoms with Crippen LogP contribution in [0.4, 0.5) is 28.4 Å². The van der Waals surface area contributed by atoms with Crippen LogP contribution in [0.3, 0.4) is 0 Å². The maximum absolute atomic E-state index is 4.94. The number of fused-ring (bicyclic) bond motifs is 6. The van der Waals surface area contributed by atoms with Crippen molar-refractivity contribution in [1.29, 1.82) is 0 Å². The number of hydrogen-bond donors (Lipinski definition) is 0. The van der Waals surface area contributed by atoms with Crippen molar-refractivity contribution >= 4 is 96.6 Å². The second-order valence-electron chi connectivity index (χ2n) is 26.9. The van der Waals surface area contributed by atoms with Gasteiger partial charge >= 0.3 is 0 Å². The first-order chi connectivity index (χ1) is 45.2. The smallest absolute Gasteiger partial charge is 0.252 e. The molecule has 4 heterocycles. The summed E-state index contributed by atoms with van der Waals surface area (Å²) in [6.07, 6.45) is 11.0. The molecule has 0 fully saturated rings. The molecule has 2 aliphatic rings. The summed E-state index contributed by atoms with van der Waals surface area (Å²) in [5.41, 5.74) is 29.0. The van der Waals surface area contributed by atoms with Crippen LogP contribution < -0.4 is 20.7 Å². The maximum atomic E-state index is 4.94. The highest BCUT2D eigenvalue weighted by atomic mass is 15.2. The molecule has 0 saturated heterocycles. The molecule has 13 aromatic rings. The van der Waals surface area contributed by atoms with Gasteiger partial charge in [-0.2, -0.15) is 0 Å². The summed E-state index contributed by atoms with van der Waals surface area (Å²) < 4.78 is 4.90. The second-order valence-corrected chi connectivity index (χ2v) is 26.9. The zero-order valence-electron chi connectivity index (χ0n) is 54.4. The number of allylic oxidation sites excluding steroid dienone is 5. The van der Waals surface area contributed by atoms with E-state index in [0.717, 1.165) is 129 Å². The molecule has 0 spiro atoms. The Hall–Kier alpha value is -10.9. The van der Waals surface area contributed by atoms with E-state index in [1.54, 1.807) is 0 Å². The Morgan fingerprint density at radius 3 is 1.31 bits per heavy atom. The molecule has 450 valence electrons. The monoisotopic (exact) mass is 1200 g/mol. The van der Waals surface area contributed by atoms with Crippen LogP contribution in [0, 0.1) is 0 Å². The van der Waals surface area contributed by atoms with Crippen LogP contribution in [0.1, 0.15) is 77.8 Å². The van der Waals surface area contributed by atoms with Crippen molar-refractivity contribution in [2.24, 2.45) is 0 Å². The van der Waals surface area contributed by atoms with E-state index in [1.165, 1.54) is 32.8 Å². The lowest BCUT2D eigenvalue weighted by atomic mass is 9.33. The average molecular weight is 1200 g/mol. The summed E-state index contributed by atoms with van der Waals surface area (Å²) in [5, 5.41) is 3.59. The van der Waals surface area contributed by atoms with E-state index in [1.807, 2.05) is 6.08 Å². The number of hydrogen-bond acceptors (Lipinski definition) is 2. The van der Waals surface area contributed by atoms with Crippen LogP contribution in [0.15, 0.2) is 297 Å². The quantitative estimate of drug-likeness (QED) is 0.113. The third kappa shape index (κ3) is 9.76. The molecule has 0 N–H and O–H groups in total. The van der Waals surface area contributed by atoms with Crippen molar-refractivity contribution in [3.05, 3.63) is 320 Å². The van der Waals surface area contributed by atoms with E-state index in [9.17, 15) is 0 Å². The van der Waals surface area contributed by atoms with Crippen LogP contribution in [0.5, 0.6) is 0 Å². The molecule has 5 heteroatoms. The number of benzene rings is 11. The van der Waals surface area contributed by atoms with Crippen molar-refractivity contribution in [3.63, 3.8) is 0 Å². The van der Waals surface area contributed by atoms with E-state index in [-0.39, 0.29) is 17.5 Å². The first-order valence-corrected chi connectivity index (χ1v) is 32.6. The topological polar surface area (TPSA) is 16.3 Å². The minimum atomic E-state index is -0.286. The average Bonchev–Trinajstić information content (AvgIpc) is 1.21. The van der Waals surface area contributed by atoms with Crippen LogP contribution in [0.25, 0.3) is 101 Å². The number of aromatic nitrogens is 2. The van der Waals surface area contributed by atoms with Gasteiger partial charge in [-0.1, -0.05) is 261 Å². The van der Waals surface area contributed by atoms with Gasteiger partial charge in [-0.15, -0.1) is 0 Å². The third-order valence-corrected chi connectivity index (χ3v) is 19.2. The van der Waals surface area contributed by atoms with E-state index < -0.39 is 0 Å².